The first-order chi connectivity index (χ1) is 5.84. The highest BCUT2D eigenvalue weighted by molar-refractivity contribution is 6.44. The van der Waals surface area contributed by atoms with Crippen LogP contribution in [0, 0.1) is 11.3 Å². The summed E-state index contributed by atoms with van der Waals surface area (Å²) in [7, 11) is 1.79. The van der Waals surface area contributed by atoms with Crippen molar-refractivity contribution < 1.29 is 0 Å². The zero-order valence-electron chi connectivity index (χ0n) is 9.55. The van der Waals surface area contributed by atoms with Gasteiger partial charge in [-0.25, -0.2) is 0 Å². The van der Waals surface area contributed by atoms with Crippen LogP contribution < -0.4 is 5.84 Å². The van der Waals surface area contributed by atoms with Crippen molar-refractivity contribution in [1.29, 1.82) is 0 Å². The Bertz CT molecular complexity index is 219. The molecule has 0 aliphatic rings. The van der Waals surface area contributed by atoms with E-state index >= 15 is 0 Å². The lowest BCUT2D eigenvalue weighted by Crippen LogP contribution is -2.33. The van der Waals surface area contributed by atoms with Crippen LogP contribution >= 0.6 is 0 Å². The second kappa shape index (κ2) is 4.40. The summed E-state index contributed by atoms with van der Waals surface area (Å²) in [5.74, 6) is 5.68. The largest absolute Gasteiger partial charge is 0.323 e. The van der Waals surface area contributed by atoms with Gasteiger partial charge < -0.3 is 5.84 Å². The number of hydrazone groups is 1. The minimum Gasteiger partial charge on any atom is -0.323 e. The summed E-state index contributed by atoms with van der Waals surface area (Å²) in [4.78, 5) is 4.26. The number of hydrogen-bond donors (Lipinski definition) is 1. The Labute approximate surface area is 81.1 Å². The Kier molecular flexibility index (Phi) is 4.11. The van der Waals surface area contributed by atoms with E-state index in [1.807, 2.05) is 0 Å². The maximum atomic E-state index is 5.35. The molecule has 0 aliphatic heterocycles. The zero-order valence-corrected chi connectivity index (χ0v) is 9.55. The van der Waals surface area contributed by atoms with Crippen LogP contribution in [-0.2, 0) is 0 Å². The molecular weight excluding hydrogens is 162 g/mol. The molecule has 0 bridgehead atoms. The molecule has 0 radical (unpaired) electrons. The molecule has 0 fully saturated rings. The van der Waals surface area contributed by atoms with Gasteiger partial charge in [-0.2, -0.15) is 5.10 Å². The summed E-state index contributed by atoms with van der Waals surface area (Å²) >= 11 is 0. The molecule has 2 N–H and O–H groups in total. The second-order valence-electron chi connectivity index (χ2n) is 4.49. The highest BCUT2D eigenvalue weighted by Crippen LogP contribution is 2.19. The average Bonchev–Trinajstić information content (AvgIpc) is 1.96. The highest BCUT2D eigenvalue weighted by atomic mass is 15.1. The highest BCUT2D eigenvalue weighted by Gasteiger charge is 2.24. The van der Waals surface area contributed by atoms with Crippen LogP contribution in [0.3, 0.4) is 0 Å². The van der Waals surface area contributed by atoms with Crippen molar-refractivity contribution in [3.63, 3.8) is 0 Å². The molecule has 0 atom stereocenters. The molecular formula is C10H21N3. The summed E-state index contributed by atoms with van der Waals surface area (Å²) < 4.78 is 0. The summed E-state index contributed by atoms with van der Waals surface area (Å²) in [5, 5.41) is 3.81. The number of nitrogens with zero attached hydrogens (tertiary/aromatic N) is 2. The van der Waals surface area contributed by atoms with Crippen molar-refractivity contribution in [1.82, 2.24) is 0 Å². The molecule has 0 spiro atoms. The summed E-state index contributed by atoms with van der Waals surface area (Å²) in [6.45, 7) is 10.5. The van der Waals surface area contributed by atoms with Gasteiger partial charge in [-0.3, -0.25) is 4.99 Å². The molecule has 0 saturated heterocycles. The third-order valence-corrected chi connectivity index (χ3v) is 1.86. The third-order valence-electron chi connectivity index (χ3n) is 1.86. The van der Waals surface area contributed by atoms with Crippen molar-refractivity contribution in [3.8, 4) is 0 Å². The maximum Gasteiger partial charge on any atom is 0.0840 e. The van der Waals surface area contributed by atoms with Gasteiger partial charge in [0.15, 0.2) is 0 Å². The van der Waals surface area contributed by atoms with Gasteiger partial charge in [-0.1, -0.05) is 34.6 Å². The first kappa shape index (κ1) is 12.1. The van der Waals surface area contributed by atoms with Gasteiger partial charge in [0.05, 0.1) is 11.4 Å². The molecule has 0 aromatic rings. The summed E-state index contributed by atoms with van der Waals surface area (Å²) in [5.41, 5.74) is 1.90. The molecule has 76 valence electrons. The number of hydrogen-bond acceptors (Lipinski definition) is 3. The third kappa shape index (κ3) is 3.17. The van der Waals surface area contributed by atoms with Gasteiger partial charge >= 0.3 is 0 Å². The first-order valence-corrected chi connectivity index (χ1v) is 4.60. The van der Waals surface area contributed by atoms with Gasteiger partial charge in [0, 0.05) is 12.5 Å². The van der Waals surface area contributed by atoms with Crippen LogP contribution in [0.5, 0.6) is 0 Å². The molecule has 0 aliphatic carbocycles. The van der Waals surface area contributed by atoms with Gasteiger partial charge in [0.2, 0.25) is 0 Å². The van der Waals surface area contributed by atoms with E-state index < -0.39 is 0 Å². The van der Waals surface area contributed by atoms with Crippen molar-refractivity contribution in [2.75, 3.05) is 7.05 Å². The van der Waals surface area contributed by atoms with Crippen molar-refractivity contribution >= 4 is 11.4 Å². The standard InChI is InChI=1S/C10H21N3/c1-7(2)8(13-11)9(12-6)10(3,4)5/h7H,11H2,1-6H3/b12-9?,13-8-. The minimum atomic E-state index is 0.0111. The van der Waals surface area contributed by atoms with Crippen molar-refractivity contribution in [3.05, 3.63) is 0 Å². The zero-order chi connectivity index (χ0) is 10.6. The molecule has 3 heteroatoms. The van der Waals surface area contributed by atoms with Gasteiger partial charge in [0.1, 0.15) is 0 Å². The minimum absolute atomic E-state index is 0.0111. The Morgan fingerprint density at radius 2 is 1.69 bits per heavy atom. The lowest BCUT2D eigenvalue weighted by molar-refractivity contribution is 0.593. The fourth-order valence-corrected chi connectivity index (χ4v) is 1.32. The lowest BCUT2D eigenvalue weighted by atomic mass is 9.83. The Balaban J connectivity index is 5.01. The molecule has 0 amide bonds. The summed E-state index contributed by atoms with van der Waals surface area (Å²) in [6.07, 6.45) is 0. The van der Waals surface area contributed by atoms with Gasteiger partial charge in [-0.05, 0) is 5.92 Å². The maximum absolute atomic E-state index is 5.35. The number of rotatable bonds is 2. The van der Waals surface area contributed by atoms with E-state index in [2.05, 4.69) is 44.7 Å². The topological polar surface area (TPSA) is 50.7 Å². The Morgan fingerprint density at radius 3 is 1.77 bits per heavy atom. The molecule has 13 heavy (non-hydrogen) atoms. The van der Waals surface area contributed by atoms with E-state index in [1.165, 1.54) is 0 Å². The van der Waals surface area contributed by atoms with Crippen molar-refractivity contribution in [2.24, 2.45) is 27.3 Å². The number of aliphatic imine (C=N–C) groups is 1. The average molecular weight is 183 g/mol. The number of nitrogens with two attached hydrogens (primary N) is 1. The predicted octanol–water partition coefficient (Wildman–Crippen LogP) is 2.07. The van der Waals surface area contributed by atoms with Gasteiger partial charge in [-0.15, -0.1) is 0 Å². The van der Waals surface area contributed by atoms with Crippen LogP contribution in [-0.4, -0.2) is 18.5 Å². The second-order valence-corrected chi connectivity index (χ2v) is 4.49. The molecule has 0 aromatic carbocycles. The Hall–Kier alpha value is -0.860. The lowest BCUT2D eigenvalue weighted by Gasteiger charge is -2.23. The van der Waals surface area contributed by atoms with E-state index in [9.17, 15) is 0 Å². The molecule has 0 aromatic heterocycles. The van der Waals surface area contributed by atoms with Gasteiger partial charge in [0.25, 0.3) is 0 Å². The van der Waals surface area contributed by atoms with E-state index in [0.29, 0.717) is 5.92 Å². The molecule has 0 heterocycles. The normalized spacial score (nSPS) is 15.3. The molecule has 3 nitrogen and oxygen atoms in total. The molecule has 0 unspecified atom stereocenters. The van der Waals surface area contributed by atoms with E-state index in [-0.39, 0.29) is 5.41 Å². The Morgan fingerprint density at radius 1 is 1.23 bits per heavy atom. The smallest absolute Gasteiger partial charge is 0.0840 e. The summed E-state index contributed by atoms with van der Waals surface area (Å²) in [6, 6.07) is 0. The fraction of sp³-hybridized carbons (Fsp3) is 0.800. The predicted molar refractivity (Wildman–Crippen MR) is 59.3 cm³/mol. The quantitative estimate of drug-likeness (QED) is 0.398. The molecule has 0 rings (SSSR count). The van der Waals surface area contributed by atoms with Crippen LogP contribution in [0.15, 0.2) is 10.1 Å². The van der Waals surface area contributed by atoms with E-state index in [4.69, 9.17) is 5.84 Å². The van der Waals surface area contributed by atoms with E-state index in [0.717, 1.165) is 11.4 Å². The SMILES string of the molecule is CN=C(/C(=N\N)C(C)C)C(C)(C)C. The first-order valence-electron chi connectivity index (χ1n) is 4.60. The van der Waals surface area contributed by atoms with Crippen LogP contribution in [0.25, 0.3) is 0 Å². The van der Waals surface area contributed by atoms with Crippen LogP contribution in [0.2, 0.25) is 0 Å². The fourth-order valence-electron chi connectivity index (χ4n) is 1.32. The monoisotopic (exact) mass is 183 g/mol. The van der Waals surface area contributed by atoms with E-state index in [1.54, 1.807) is 7.05 Å². The van der Waals surface area contributed by atoms with Crippen LogP contribution in [0.4, 0.5) is 0 Å². The van der Waals surface area contributed by atoms with Crippen LogP contribution in [0.1, 0.15) is 34.6 Å². The van der Waals surface area contributed by atoms with Crippen molar-refractivity contribution in [2.45, 2.75) is 34.6 Å². The molecule has 0 saturated carbocycles.